The van der Waals surface area contributed by atoms with Crippen LogP contribution in [0, 0.1) is 10.1 Å². The largest absolute Gasteiger partial charge is 0.381 e. The average molecular weight is 304 g/mol. The summed E-state index contributed by atoms with van der Waals surface area (Å²) in [6.45, 7) is 0.499. The fourth-order valence-electron chi connectivity index (χ4n) is 1.48. The van der Waals surface area contributed by atoms with Gasteiger partial charge in [-0.1, -0.05) is 11.6 Å². The van der Waals surface area contributed by atoms with E-state index in [2.05, 4.69) is 10.6 Å². The van der Waals surface area contributed by atoms with E-state index in [0.717, 1.165) is 5.75 Å². The van der Waals surface area contributed by atoms with E-state index in [4.69, 9.17) is 11.6 Å². The number of nitrogens with one attached hydrogen (secondary N) is 2. The molecule has 104 valence electrons. The van der Waals surface area contributed by atoms with Crippen molar-refractivity contribution in [2.75, 3.05) is 30.9 Å². The Morgan fingerprint density at radius 3 is 2.74 bits per heavy atom. The summed E-state index contributed by atoms with van der Waals surface area (Å²) < 4.78 is 0. The molecule has 1 amide bonds. The van der Waals surface area contributed by atoms with E-state index in [1.165, 1.54) is 19.2 Å². The molecule has 2 N–H and O–H groups in total. The van der Waals surface area contributed by atoms with E-state index >= 15 is 0 Å². The summed E-state index contributed by atoms with van der Waals surface area (Å²) in [4.78, 5) is 22.2. The lowest BCUT2D eigenvalue weighted by atomic mass is 10.1. The van der Waals surface area contributed by atoms with Crippen LogP contribution in [0.3, 0.4) is 0 Å². The molecule has 6 nitrogen and oxygen atoms in total. The first kappa shape index (κ1) is 15.6. The Hall–Kier alpha value is -1.47. The van der Waals surface area contributed by atoms with Gasteiger partial charge >= 0.3 is 0 Å². The molecule has 0 unspecified atom stereocenters. The molecule has 0 fully saturated rings. The van der Waals surface area contributed by atoms with E-state index in [0.29, 0.717) is 6.54 Å². The normalized spacial score (nSPS) is 10.1. The zero-order valence-electron chi connectivity index (χ0n) is 10.5. The summed E-state index contributed by atoms with van der Waals surface area (Å²) in [7, 11) is 1.53. The molecule has 0 heterocycles. The molecule has 8 heteroatoms. The van der Waals surface area contributed by atoms with Gasteiger partial charge in [-0.15, -0.1) is 0 Å². The van der Waals surface area contributed by atoms with Gasteiger partial charge in [-0.25, -0.2) is 0 Å². The van der Waals surface area contributed by atoms with Crippen LogP contribution in [0.1, 0.15) is 10.4 Å². The first-order valence-corrected chi connectivity index (χ1v) is 7.21. The summed E-state index contributed by atoms with van der Waals surface area (Å²) >= 11 is 7.53. The van der Waals surface area contributed by atoms with E-state index in [9.17, 15) is 14.9 Å². The van der Waals surface area contributed by atoms with Crippen molar-refractivity contribution in [3.8, 4) is 0 Å². The van der Waals surface area contributed by atoms with Gasteiger partial charge in [-0.2, -0.15) is 11.8 Å². The number of nitro groups is 1. The molecule has 0 atom stereocenters. The summed E-state index contributed by atoms with van der Waals surface area (Å²) in [6, 6.07) is 2.63. The number of nitrogens with zero attached hydrogens (tertiary/aromatic N) is 1. The van der Waals surface area contributed by atoms with Crippen molar-refractivity contribution in [2.45, 2.75) is 0 Å². The van der Waals surface area contributed by atoms with Crippen molar-refractivity contribution in [3.05, 3.63) is 32.8 Å². The van der Waals surface area contributed by atoms with Crippen molar-refractivity contribution in [3.63, 3.8) is 0 Å². The first-order chi connectivity index (χ1) is 9.01. The number of benzene rings is 1. The van der Waals surface area contributed by atoms with Crippen LogP contribution < -0.4 is 10.6 Å². The lowest BCUT2D eigenvalue weighted by molar-refractivity contribution is -0.383. The van der Waals surface area contributed by atoms with E-state index in [-0.39, 0.29) is 27.9 Å². The standard InChI is InChI=1S/C11H14ClN3O3S/c1-13-10-8(12)5-7(6-9(10)15(17)18)11(16)14-3-4-19-2/h5-6,13H,3-4H2,1-2H3,(H,14,16). The van der Waals surface area contributed by atoms with Gasteiger partial charge in [-0.3, -0.25) is 14.9 Å². The second kappa shape index (κ2) is 7.20. The SMILES string of the molecule is CNc1c(Cl)cc(C(=O)NCCSC)cc1[N+](=O)[O-]. The summed E-state index contributed by atoms with van der Waals surface area (Å²) in [5.74, 6) is 0.401. The number of rotatable bonds is 6. The van der Waals surface area contributed by atoms with E-state index in [1.54, 1.807) is 11.8 Å². The molecule has 0 aliphatic carbocycles. The maximum atomic E-state index is 11.8. The molecule has 1 aromatic rings. The molecule has 0 bridgehead atoms. The minimum Gasteiger partial charge on any atom is -0.381 e. The Labute approximate surface area is 120 Å². The van der Waals surface area contributed by atoms with Crippen LogP contribution in [0.2, 0.25) is 5.02 Å². The summed E-state index contributed by atoms with van der Waals surface area (Å²) in [5, 5.41) is 16.4. The van der Waals surface area contributed by atoms with Crippen LogP contribution in [0.4, 0.5) is 11.4 Å². The second-order valence-electron chi connectivity index (χ2n) is 3.61. The van der Waals surface area contributed by atoms with Crippen LogP contribution in [-0.2, 0) is 0 Å². The molecule has 0 radical (unpaired) electrons. The highest BCUT2D eigenvalue weighted by Crippen LogP contribution is 2.33. The molecule has 0 aliphatic rings. The maximum Gasteiger partial charge on any atom is 0.294 e. The predicted molar refractivity (Wildman–Crippen MR) is 78.4 cm³/mol. The Kier molecular flexibility index (Phi) is 5.91. The van der Waals surface area contributed by atoms with Crippen LogP contribution in [0.5, 0.6) is 0 Å². The van der Waals surface area contributed by atoms with Crippen LogP contribution in [0.15, 0.2) is 12.1 Å². The van der Waals surface area contributed by atoms with E-state index < -0.39 is 4.92 Å². The smallest absolute Gasteiger partial charge is 0.294 e. The quantitative estimate of drug-likeness (QED) is 0.479. The number of nitro benzene ring substituents is 1. The van der Waals surface area contributed by atoms with Gasteiger partial charge in [0, 0.05) is 31.0 Å². The third kappa shape index (κ3) is 4.00. The molecular formula is C11H14ClN3O3S. The Balaban J connectivity index is 3.03. The Morgan fingerprint density at radius 1 is 1.53 bits per heavy atom. The molecule has 0 aliphatic heterocycles. The fraction of sp³-hybridized carbons (Fsp3) is 0.364. The lowest BCUT2D eigenvalue weighted by Crippen LogP contribution is -2.25. The highest BCUT2D eigenvalue weighted by atomic mass is 35.5. The zero-order valence-corrected chi connectivity index (χ0v) is 12.1. The molecule has 1 rings (SSSR count). The van der Waals surface area contributed by atoms with Crippen LogP contribution >= 0.6 is 23.4 Å². The van der Waals surface area contributed by atoms with Crippen LogP contribution in [0.25, 0.3) is 0 Å². The lowest BCUT2D eigenvalue weighted by Gasteiger charge is -2.08. The minimum absolute atomic E-state index is 0.145. The van der Waals surface area contributed by atoms with Crippen molar-refractivity contribution in [1.82, 2.24) is 5.32 Å². The van der Waals surface area contributed by atoms with E-state index in [1.807, 2.05) is 6.26 Å². The van der Waals surface area contributed by atoms with Gasteiger partial charge in [-0.05, 0) is 12.3 Å². The predicted octanol–water partition coefficient (Wildman–Crippen LogP) is 2.38. The highest BCUT2D eigenvalue weighted by molar-refractivity contribution is 7.98. The molecule has 19 heavy (non-hydrogen) atoms. The third-order valence-electron chi connectivity index (χ3n) is 2.37. The van der Waals surface area contributed by atoms with Gasteiger partial charge in [0.25, 0.3) is 11.6 Å². The van der Waals surface area contributed by atoms with Gasteiger partial charge in [0.15, 0.2) is 0 Å². The summed E-state index contributed by atoms with van der Waals surface area (Å²) in [6.07, 6.45) is 1.93. The van der Waals surface area contributed by atoms with Crippen molar-refractivity contribution < 1.29 is 9.72 Å². The fourth-order valence-corrected chi connectivity index (χ4v) is 2.10. The average Bonchev–Trinajstić information content (AvgIpc) is 2.37. The van der Waals surface area contributed by atoms with Crippen molar-refractivity contribution in [2.24, 2.45) is 0 Å². The van der Waals surface area contributed by atoms with Gasteiger partial charge in [0.05, 0.1) is 9.95 Å². The molecule has 1 aromatic carbocycles. The topological polar surface area (TPSA) is 84.3 Å². The molecule has 0 saturated carbocycles. The molecule has 0 aromatic heterocycles. The van der Waals surface area contributed by atoms with Crippen molar-refractivity contribution >= 4 is 40.6 Å². The van der Waals surface area contributed by atoms with Crippen LogP contribution in [-0.4, -0.2) is 36.4 Å². The van der Waals surface area contributed by atoms with Gasteiger partial charge in [0.1, 0.15) is 5.69 Å². The molecule has 0 spiro atoms. The summed E-state index contributed by atoms with van der Waals surface area (Å²) in [5.41, 5.74) is 0.161. The third-order valence-corrected chi connectivity index (χ3v) is 3.28. The number of carbonyl (C=O) groups excluding carboxylic acids is 1. The number of amides is 1. The number of hydrogen-bond acceptors (Lipinski definition) is 5. The Bertz CT molecular complexity index is 496. The zero-order chi connectivity index (χ0) is 14.4. The Morgan fingerprint density at radius 2 is 2.21 bits per heavy atom. The van der Waals surface area contributed by atoms with Crippen molar-refractivity contribution in [1.29, 1.82) is 0 Å². The maximum absolute atomic E-state index is 11.8. The monoisotopic (exact) mass is 303 g/mol. The van der Waals surface area contributed by atoms with Gasteiger partial charge < -0.3 is 10.6 Å². The van der Waals surface area contributed by atoms with Gasteiger partial charge in [0.2, 0.25) is 0 Å². The number of hydrogen-bond donors (Lipinski definition) is 2. The highest BCUT2D eigenvalue weighted by Gasteiger charge is 2.20. The number of thioether (sulfide) groups is 1. The first-order valence-electron chi connectivity index (χ1n) is 5.44. The minimum atomic E-state index is -0.573. The number of carbonyl (C=O) groups is 1. The number of anilines is 1. The molecular weight excluding hydrogens is 290 g/mol. The molecule has 0 saturated heterocycles. The second-order valence-corrected chi connectivity index (χ2v) is 5.00. The number of halogens is 1.